The molecule has 0 bridgehead atoms. The summed E-state index contributed by atoms with van der Waals surface area (Å²) in [6.45, 7) is 5.12. The van der Waals surface area contributed by atoms with Crippen LogP contribution in [0.1, 0.15) is 52.4 Å². The molecule has 1 aliphatic rings. The zero-order valence-corrected chi connectivity index (χ0v) is 11.9. The van der Waals surface area contributed by atoms with Gasteiger partial charge in [0.05, 0.1) is 5.75 Å². The second-order valence-corrected chi connectivity index (χ2v) is 6.81. The van der Waals surface area contributed by atoms with Gasteiger partial charge in [-0.3, -0.25) is 0 Å². The van der Waals surface area contributed by atoms with Crippen molar-refractivity contribution >= 4 is 10.0 Å². The van der Waals surface area contributed by atoms with Crippen molar-refractivity contribution in [3.63, 3.8) is 0 Å². The lowest BCUT2D eigenvalue weighted by Gasteiger charge is -2.29. The number of nitrogens with one attached hydrogen (secondary N) is 2. The number of sulfonamides is 1. The molecular formula is C12H26N2O2S. The van der Waals surface area contributed by atoms with Crippen molar-refractivity contribution in [2.24, 2.45) is 0 Å². The Bertz CT molecular complexity index is 296. The molecule has 0 spiro atoms. The van der Waals surface area contributed by atoms with Crippen molar-refractivity contribution in [2.45, 2.75) is 64.5 Å². The molecule has 0 radical (unpaired) electrons. The van der Waals surface area contributed by atoms with Gasteiger partial charge in [-0.05, 0) is 45.1 Å². The summed E-state index contributed by atoms with van der Waals surface area (Å²) in [5, 5.41) is 3.50. The van der Waals surface area contributed by atoms with Crippen LogP contribution in [0.4, 0.5) is 0 Å². The number of hydrogen-bond donors (Lipinski definition) is 2. The molecule has 2 N–H and O–H groups in total. The standard InChI is InChI=1S/C12H26N2O2S/c1-3-9-13-11-5-7-12(8-6-11)14-17(15,16)10-4-2/h11-14H,3-10H2,1-2H3. The van der Waals surface area contributed by atoms with Gasteiger partial charge in [0.25, 0.3) is 0 Å². The normalized spacial score (nSPS) is 26.0. The van der Waals surface area contributed by atoms with Crippen LogP contribution in [-0.4, -0.2) is 32.8 Å². The first-order chi connectivity index (χ1) is 8.07. The van der Waals surface area contributed by atoms with Gasteiger partial charge in [0.15, 0.2) is 0 Å². The van der Waals surface area contributed by atoms with Crippen molar-refractivity contribution < 1.29 is 8.42 Å². The maximum atomic E-state index is 11.6. The molecule has 4 nitrogen and oxygen atoms in total. The topological polar surface area (TPSA) is 58.2 Å². The fraction of sp³-hybridized carbons (Fsp3) is 1.00. The van der Waals surface area contributed by atoms with Crippen LogP contribution in [0.2, 0.25) is 0 Å². The van der Waals surface area contributed by atoms with E-state index in [4.69, 9.17) is 0 Å². The van der Waals surface area contributed by atoms with Crippen LogP contribution in [0.3, 0.4) is 0 Å². The molecule has 0 amide bonds. The maximum Gasteiger partial charge on any atom is 0.211 e. The minimum atomic E-state index is -3.04. The van der Waals surface area contributed by atoms with Gasteiger partial charge in [0.1, 0.15) is 0 Å². The van der Waals surface area contributed by atoms with Crippen molar-refractivity contribution in [1.82, 2.24) is 10.0 Å². The fourth-order valence-corrected chi connectivity index (χ4v) is 3.74. The van der Waals surface area contributed by atoms with Gasteiger partial charge in [0, 0.05) is 12.1 Å². The van der Waals surface area contributed by atoms with E-state index in [9.17, 15) is 8.42 Å². The SMILES string of the molecule is CCCNC1CCC(NS(=O)(=O)CCC)CC1. The highest BCUT2D eigenvalue weighted by Gasteiger charge is 2.23. The van der Waals surface area contributed by atoms with Crippen molar-refractivity contribution in [2.75, 3.05) is 12.3 Å². The first kappa shape index (κ1) is 14.9. The van der Waals surface area contributed by atoms with Gasteiger partial charge in [-0.2, -0.15) is 0 Å². The Balaban J connectivity index is 2.27. The van der Waals surface area contributed by atoms with Gasteiger partial charge < -0.3 is 5.32 Å². The average molecular weight is 262 g/mol. The molecule has 17 heavy (non-hydrogen) atoms. The van der Waals surface area contributed by atoms with Crippen LogP contribution in [0.25, 0.3) is 0 Å². The molecule has 1 fully saturated rings. The lowest BCUT2D eigenvalue weighted by atomic mass is 9.92. The Morgan fingerprint density at radius 1 is 1.00 bits per heavy atom. The van der Waals surface area contributed by atoms with E-state index in [1.54, 1.807) is 0 Å². The molecule has 0 heterocycles. The summed E-state index contributed by atoms with van der Waals surface area (Å²) < 4.78 is 26.1. The van der Waals surface area contributed by atoms with Crippen LogP contribution < -0.4 is 10.0 Å². The zero-order chi connectivity index (χ0) is 12.7. The summed E-state index contributed by atoms with van der Waals surface area (Å²) in [5.74, 6) is 0.251. The van der Waals surface area contributed by atoms with Crippen LogP contribution in [-0.2, 0) is 10.0 Å². The van der Waals surface area contributed by atoms with Crippen molar-refractivity contribution in [1.29, 1.82) is 0 Å². The first-order valence-electron chi connectivity index (χ1n) is 6.80. The summed E-state index contributed by atoms with van der Waals surface area (Å²) in [7, 11) is -3.04. The second-order valence-electron chi connectivity index (χ2n) is 4.94. The van der Waals surface area contributed by atoms with E-state index in [1.807, 2.05) is 6.92 Å². The fourth-order valence-electron chi connectivity index (χ4n) is 2.35. The molecule has 0 unspecified atom stereocenters. The van der Waals surface area contributed by atoms with Crippen LogP contribution in [0.5, 0.6) is 0 Å². The van der Waals surface area contributed by atoms with Crippen LogP contribution in [0, 0.1) is 0 Å². The Labute approximate surface area is 106 Å². The summed E-state index contributed by atoms with van der Waals surface area (Å²) in [6, 6.07) is 0.744. The predicted octanol–water partition coefficient (Wildman–Crippen LogP) is 1.63. The third kappa shape index (κ3) is 5.84. The smallest absolute Gasteiger partial charge is 0.211 e. The summed E-state index contributed by atoms with van der Waals surface area (Å²) in [4.78, 5) is 0. The monoisotopic (exact) mass is 262 g/mol. The molecule has 1 saturated carbocycles. The van der Waals surface area contributed by atoms with E-state index in [0.29, 0.717) is 12.5 Å². The maximum absolute atomic E-state index is 11.6. The highest BCUT2D eigenvalue weighted by atomic mass is 32.2. The number of hydrogen-bond acceptors (Lipinski definition) is 3. The summed E-state index contributed by atoms with van der Waals surface area (Å²) in [5.41, 5.74) is 0. The Morgan fingerprint density at radius 2 is 1.59 bits per heavy atom. The van der Waals surface area contributed by atoms with E-state index in [-0.39, 0.29) is 11.8 Å². The van der Waals surface area contributed by atoms with E-state index < -0.39 is 10.0 Å². The van der Waals surface area contributed by atoms with E-state index in [1.165, 1.54) is 0 Å². The van der Waals surface area contributed by atoms with Gasteiger partial charge in [-0.25, -0.2) is 13.1 Å². The molecule has 1 aliphatic carbocycles. The number of rotatable bonds is 7. The molecule has 0 aliphatic heterocycles. The van der Waals surface area contributed by atoms with Crippen molar-refractivity contribution in [3.05, 3.63) is 0 Å². The summed E-state index contributed by atoms with van der Waals surface area (Å²) >= 11 is 0. The first-order valence-corrected chi connectivity index (χ1v) is 8.46. The van der Waals surface area contributed by atoms with Gasteiger partial charge in [-0.1, -0.05) is 13.8 Å². The zero-order valence-electron chi connectivity index (χ0n) is 11.0. The Hall–Kier alpha value is -0.130. The molecule has 0 saturated heterocycles. The van der Waals surface area contributed by atoms with E-state index in [0.717, 1.165) is 38.6 Å². The molecule has 5 heteroatoms. The van der Waals surface area contributed by atoms with Crippen LogP contribution in [0.15, 0.2) is 0 Å². The van der Waals surface area contributed by atoms with Crippen LogP contribution >= 0.6 is 0 Å². The molecular weight excluding hydrogens is 236 g/mol. The highest BCUT2D eigenvalue weighted by Crippen LogP contribution is 2.19. The predicted molar refractivity (Wildman–Crippen MR) is 71.6 cm³/mol. The molecule has 0 aromatic carbocycles. The quantitative estimate of drug-likeness (QED) is 0.733. The molecule has 102 valence electrons. The Kier molecular flexibility index (Phi) is 6.44. The van der Waals surface area contributed by atoms with Gasteiger partial charge in [-0.15, -0.1) is 0 Å². The van der Waals surface area contributed by atoms with E-state index >= 15 is 0 Å². The van der Waals surface area contributed by atoms with Crippen molar-refractivity contribution in [3.8, 4) is 0 Å². The third-order valence-electron chi connectivity index (χ3n) is 3.23. The lowest BCUT2D eigenvalue weighted by Crippen LogP contribution is -2.42. The second kappa shape index (κ2) is 7.34. The minimum absolute atomic E-state index is 0.159. The summed E-state index contributed by atoms with van der Waals surface area (Å²) in [6.07, 6.45) is 5.93. The molecule has 0 aromatic rings. The lowest BCUT2D eigenvalue weighted by molar-refractivity contribution is 0.330. The molecule has 0 atom stereocenters. The average Bonchev–Trinajstić information content (AvgIpc) is 2.27. The van der Waals surface area contributed by atoms with Gasteiger partial charge >= 0.3 is 0 Å². The highest BCUT2D eigenvalue weighted by molar-refractivity contribution is 7.89. The van der Waals surface area contributed by atoms with Gasteiger partial charge in [0.2, 0.25) is 10.0 Å². The minimum Gasteiger partial charge on any atom is -0.314 e. The largest absolute Gasteiger partial charge is 0.314 e. The molecule has 0 aromatic heterocycles. The van der Waals surface area contributed by atoms with E-state index in [2.05, 4.69) is 17.0 Å². The Morgan fingerprint density at radius 3 is 2.12 bits per heavy atom. The molecule has 1 rings (SSSR count). The third-order valence-corrected chi connectivity index (χ3v) is 4.87.